The Hall–Kier alpha value is -0.720. The molecular weight excluding hydrogens is 86.1 g/mol. The molecule has 0 aromatic heterocycles. The highest BCUT2D eigenvalue weighted by Crippen LogP contribution is 1.84. The summed E-state index contributed by atoms with van der Waals surface area (Å²) >= 11 is 0. The molecule has 0 spiro atoms. The van der Waals surface area contributed by atoms with E-state index in [1.54, 1.807) is 0 Å². The van der Waals surface area contributed by atoms with Crippen molar-refractivity contribution in [2.75, 3.05) is 6.54 Å². The van der Waals surface area contributed by atoms with E-state index in [2.05, 4.69) is 11.7 Å². The van der Waals surface area contributed by atoms with Crippen LogP contribution >= 0.6 is 0 Å². The van der Waals surface area contributed by atoms with Crippen molar-refractivity contribution in [3.8, 4) is 0 Å². The van der Waals surface area contributed by atoms with E-state index in [0.29, 0.717) is 0 Å². The Morgan fingerprint density at radius 1 is 1.14 bits per heavy atom. The fraction of sp³-hybridized carbons (Fsp3) is 0.167. The molecule has 1 aliphatic rings. The van der Waals surface area contributed by atoms with Gasteiger partial charge >= 0.3 is 0 Å². The highest BCUT2D eigenvalue weighted by Gasteiger charge is 1.79. The second kappa shape index (κ2) is 2.45. The van der Waals surface area contributed by atoms with Gasteiger partial charge in [0.1, 0.15) is 0 Å². The quantitative estimate of drug-likeness (QED) is 0.469. The van der Waals surface area contributed by atoms with Crippen LogP contribution in [0.2, 0.25) is 0 Å². The summed E-state index contributed by atoms with van der Waals surface area (Å²) in [6, 6.07) is 0. The predicted octanol–water partition coefficient (Wildman–Crippen LogP) is 0.864. The molecule has 0 unspecified atom stereocenters. The van der Waals surface area contributed by atoms with Gasteiger partial charge in [-0.1, -0.05) is 12.2 Å². The Balaban J connectivity index is 2.39. The third-order valence-electron chi connectivity index (χ3n) is 0.808. The number of allylic oxidation sites excluding steroid dienone is 2. The normalized spacial score (nSPS) is 18.3. The highest BCUT2D eigenvalue weighted by molar-refractivity contribution is 5.10. The summed E-state index contributed by atoms with van der Waals surface area (Å²) in [7, 11) is 0. The van der Waals surface area contributed by atoms with E-state index in [9.17, 15) is 0 Å². The van der Waals surface area contributed by atoms with E-state index in [1.165, 1.54) is 0 Å². The Kier molecular flexibility index (Phi) is 1.56. The van der Waals surface area contributed by atoms with Gasteiger partial charge in [-0.15, -0.1) is 0 Å². The molecule has 1 heteroatoms. The van der Waals surface area contributed by atoms with Crippen LogP contribution in [0.25, 0.3) is 0 Å². The van der Waals surface area contributed by atoms with Crippen molar-refractivity contribution in [1.82, 2.24) is 5.32 Å². The maximum Gasteiger partial charge on any atom is 0.0210 e. The molecule has 1 rings (SSSR count). The van der Waals surface area contributed by atoms with Crippen LogP contribution < -0.4 is 5.32 Å². The van der Waals surface area contributed by atoms with Crippen molar-refractivity contribution in [3.63, 3.8) is 0 Å². The van der Waals surface area contributed by atoms with Gasteiger partial charge in [0, 0.05) is 13.0 Å². The van der Waals surface area contributed by atoms with Gasteiger partial charge in [-0.3, -0.25) is 0 Å². The summed E-state index contributed by atoms with van der Waals surface area (Å²) in [6.07, 6.45) is 10.0. The first-order chi connectivity index (χ1) is 3.50. The number of hydrogen-bond donors (Lipinski definition) is 1. The molecule has 0 saturated heterocycles. The number of hydrogen-bond acceptors (Lipinski definition) is 1. The minimum absolute atomic E-state index is 0.951. The predicted molar refractivity (Wildman–Crippen MR) is 30.6 cm³/mol. The SMILES string of the molecule is [CH]1C=CC=CNC1. The highest BCUT2D eigenvalue weighted by atomic mass is 14.8. The van der Waals surface area contributed by atoms with Crippen molar-refractivity contribution < 1.29 is 0 Å². The fourth-order valence-corrected chi connectivity index (χ4v) is 0.470. The molecule has 1 aliphatic heterocycles. The fourth-order valence-electron chi connectivity index (χ4n) is 0.470. The Labute approximate surface area is 43.7 Å². The minimum Gasteiger partial charge on any atom is -0.390 e. The molecule has 0 bridgehead atoms. The average molecular weight is 94.1 g/mol. The maximum absolute atomic E-state index is 3.05. The molecule has 1 N–H and O–H groups in total. The van der Waals surface area contributed by atoms with Crippen LogP contribution in [0.15, 0.2) is 24.4 Å². The van der Waals surface area contributed by atoms with Gasteiger partial charge in [0.05, 0.1) is 0 Å². The summed E-state index contributed by atoms with van der Waals surface area (Å²) in [6.45, 7) is 0.951. The first-order valence-electron chi connectivity index (χ1n) is 2.38. The Bertz CT molecular complexity index is 80.4. The van der Waals surface area contributed by atoms with Crippen LogP contribution in [0.4, 0.5) is 0 Å². The first kappa shape index (κ1) is 4.44. The van der Waals surface area contributed by atoms with Crippen LogP contribution in [0.3, 0.4) is 0 Å². The van der Waals surface area contributed by atoms with Gasteiger partial charge in [0.25, 0.3) is 0 Å². The van der Waals surface area contributed by atoms with Gasteiger partial charge in [0.2, 0.25) is 0 Å². The van der Waals surface area contributed by atoms with Crippen molar-refractivity contribution in [2.45, 2.75) is 0 Å². The zero-order valence-corrected chi connectivity index (χ0v) is 4.09. The summed E-state index contributed by atoms with van der Waals surface area (Å²) in [5.41, 5.74) is 0. The summed E-state index contributed by atoms with van der Waals surface area (Å²) in [4.78, 5) is 0. The van der Waals surface area contributed by atoms with Gasteiger partial charge in [0.15, 0.2) is 0 Å². The molecule has 7 heavy (non-hydrogen) atoms. The van der Waals surface area contributed by atoms with E-state index < -0.39 is 0 Å². The van der Waals surface area contributed by atoms with Crippen LogP contribution in [0, 0.1) is 6.42 Å². The zero-order chi connectivity index (χ0) is 4.95. The molecule has 0 amide bonds. The van der Waals surface area contributed by atoms with E-state index >= 15 is 0 Å². The van der Waals surface area contributed by atoms with E-state index in [1.807, 2.05) is 24.4 Å². The molecule has 0 aromatic carbocycles. The lowest BCUT2D eigenvalue weighted by molar-refractivity contribution is 0.960. The molecule has 37 valence electrons. The largest absolute Gasteiger partial charge is 0.390 e. The van der Waals surface area contributed by atoms with E-state index in [0.717, 1.165) is 6.54 Å². The lowest BCUT2D eigenvalue weighted by Gasteiger charge is -1.88. The molecule has 0 fully saturated rings. The molecule has 0 aliphatic carbocycles. The zero-order valence-electron chi connectivity index (χ0n) is 4.09. The van der Waals surface area contributed by atoms with Crippen molar-refractivity contribution >= 4 is 0 Å². The van der Waals surface area contributed by atoms with Crippen LogP contribution in [-0.2, 0) is 0 Å². The monoisotopic (exact) mass is 94.1 g/mol. The number of nitrogens with one attached hydrogen (secondary N) is 1. The lowest BCUT2D eigenvalue weighted by atomic mass is 10.4. The average Bonchev–Trinajstić information content (AvgIpc) is 1.90. The van der Waals surface area contributed by atoms with Gasteiger partial charge < -0.3 is 5.32 Å². The summed E-state index contributed by atoms with van der Waals surface area (Å²) in [5.74, 6) is 0. The topological polar surface area (TPSA) is 12.0 Å². The van der Waals surface area contributed by atoms with Crippen molar-refractivity contribution in [3.05, 3.63) is 30.8 Å². The Morgan fingerprint density at radius 2 is 2.14 bits per heavy atom. The third kappa shape index (κ3) is 1.44. The van der Waals surface area contributed by atoms with Crippen LogP contribution in [0.1, 0.15) is 0 Å². The molecule has 0 aromatic rings. The van der Waals surface area contributed by atoms with Crippen LogP contribution in [-0.4, -0.2) is 6.54 Å². The molecule has 1 heterocycles. The molecular formula is C6H8N. The Morgan fingerprint density at radius 3 is 3.14 bits per heavy atom. The smallest absolute Gasteiger partial charge is 0.0210 e. The summed E-state index contributed by atoms with van der Waals surface area (Å²) < 4.78 is 0. The van der Waals surface area contributed by atoms with Gasteiger partial charge in [-0.05, 0) is 12.3 Å². The van der Waals surface area contributed by atoms with E-state index in [-0.39, 0.29) is 0 Å². The molecule has 0 saturated carbocycles. The molecule has 0 atom stereocenters. The van der Waals surface area contributed by atoms with Gasteiger partial charge in [-0.25, -0.2) is 0 Å². The standard InChI is InChI=1S/C6H8N/c1-2-4-6-7-5-3-1/h1-5,7H,6H2. The molecule has 1 nitrogen and oxygen atoms in total. The van der Waals surface area contributed by atoms with Crippen molar-refractivity contribution in [2.24, 2.45) is 0 Å². The number of rotatable bonds is 0. The second-order valence-electron chi connectivity index (χ2n) is 1.39. The third-order valence-corrected chi connectivity index (χ3v) is 0.808. The van der Waals surface area contributed by atoms with Gasteiger partial charge in [-0.2, -0.15) is 0 Å². The second-order valence-corrected chi connectivity index (χ2v) is 1.39. The van der Waals surface area contributed by atoms with Crippen LogP contribution in [0.5, 0.6) is 0 Å². The summed E-state index contributed by atoms with van der Waals surface area (Å²) in [5, 5.41) is 3.05. The molecule has 1 radical (unpaired) electrons. The van der Waals surface area contributed by atoms with Crippen molar-refractivity contribution in [1.29, 1.82) is 0 Å². The first-order valence-corrected chi connectivity index (χ1v) is 2.38. The lowest BCUT2D eigenvalue weighted by Crippen LogP contribution is -2.03. The minimum atomic E-state index is 0.951. The maximum atomic E-state index is 3.05. The van der Waals surface area contributed by atoms with E-state index in [4.69, 9.17) is 0 Å².